The van der Waals surface area contributed by atoms with Crippen molar-refractivity contribution in [2.45, 2.75) is 6.54 Å². The molecule has 0 spiro atoms. The van der Waals surface area contributed by atoms with E-state index in [1.165, 1.54) is 17.0 Å². The molecule has 0 unspecified atom stereocenters. The first-order valence-corrected chi connectivity index (χ1v) is 6.40. The summed E-state index contributed by atoms with van der Waals surface area (Å²) in [5.41, 5.74) is -0.647. The summed E-state index contributed by atoms with van der Waals surface area (Å²) < 4.78 is 14.8. The van der Waals surface area contributed by atoms with Gasteiger partial charge in [0.05, 0.1) is 17.8 Å². The van der Waals surface area contributed by atoms with Gasteiger partial charge < -0.3 is 0 Å². The average Bonchev–Trinajstić information content (AvgIpc) is 2.39. The summed E-state index contributed by atoms with van der Waals surface area (Å²) in [6.07, 6.45) is 1.22. The lowest BCUT2D eigenvalue weighted by atomic mass is 10.2. The third kappa shape index (κ3) is 2.86. The van der Waals surface area contributed by atoms with E-state index in [4.69, 9.17) is 11.6 Å². The van der Waals surface area contributed by atoms with Crippen molar-refractivity contribution in [2.75, 3.05) is 0 Å². The van der Waals surface area contributed by atoms with Gasteiger partial charge >= 0.3 is 5.69 Å². The number of nitrogens with zero attached hydrogens (tertiary/aromatic N) is 3. The van der Waals surface area contributed by atoms with Gasteiger partial charge in [-0.05, 0) is 27.6 Å². The fourth-order valence-electron chi connectivity index (χ4n) is 1.55. The van der Waals surface area contributed by atoms with Crippen LogP contribution in [0.25, 0.3) is 0 Å². The number of rotatable bonds is 3. The van der Waals surface area contributed by atoms with E-state index in [-0.39, 0.29) is 16.2 Å². The quantitative estimate of drug-likeness (QED) is 0.478. The lowest BCUT2D eigenvalue weighted by Crippen LogP contribution is -2.22. The van der Waals surface area contributed by atoms with Crippen LogP contribution < -0.4 is 5.56 Å². The number of hydrogen-bond donors (Lipinski definition) is 0. The van der Waals surface area contributed by atoms with Crippen molar-refractivity contribution in [3.8, 4) is 0 Å². The van der Waals surface area contributed by atoms with Crippen molar-refractivity contribution >= 4 is 33.2 Å². The predicted octanol–water partition coefficient (Wildman–Crippen LogP) is 2.75. The molecule has 104 valence electrons. The molecule has 1 aromatic carbocycles. The van der Waals surface area contributed by atoms with Crippen LogP contribution in [0.4, 0.5) is 10.1 Å². The van der Waals surface area contributed by atoms with Gasteiger partial charge in [-0.3, -0.25) is 19.5 Å². The maximum absolute atomic E-state index is 13.5. The number of nitro benzene ring substituents is 1. The highest BCUT2D eigenvalue weighted by molar-refractivity contribution is 9.10. The third-order valence-corrected chi connectivity index (χ3v) is 3.73. The highest BCUT2D eigenvalue weighted by atomic mass is 79.9. The highest BCUT2D eigenvalue weighted by Gasteiger charge is 2.14. The van der Waals surface area contributed by atoms with E-state index in [0.29, 0.717) is 5.56 Å². The second kappa shape index (κ2) is 5.68. The molecule has 1 heterocycles. The number of aromatic nitrogens is 2. The van der Waals surface area contributed by atoms with Crippen molar-refractivity contribution in [3.63, 3.8) is 0 Å². The number of halogens is 3. The van der Waals surface area contributed by atoms with Crippen LogP contribution in [0, 0.1) is 15.9 Å². The topological polar surface area (TPSA) is 78.0 Å². The molecule has 2 aromatic rings. The largest absolute Gasteiger partial charge is 0.304 e. The smallest absolute Gasteiger partial charge is 0.294 e. The van der Waals surface area contributed by atoms with Gasteiger partial charge in [0.1, 0.15) is 4.47 Å². The van der Waals surface area contributed by atoms with Gasteiger partial charge in [-0.25, -0.2) is 4.98 Å². The van der Waals surface area contributed by atoms with Gasteiger partial charge in [0.2, 0.25) is 5.82 Å². The van der Waals surface area contributed by atoms with Crippen LogP contribution in [0.2, 0.25) is 5.15 Å². The molecule has 6 nitrogen and oxygen atoms in total. The van der Waals surface area contributed by atoms with E-state index in [2.05, 4.69) is 20.9 Å². The van der Waals surface area contributed by atoms with Gasteiger partial charge in [0, 0.05) is 6.07 Å². The van der Waals surface area contributed by atoms with Crippen molar-refractivity contribution in [1.29, 1.82) is 0 Å². The summed E-state index contributed by atoms with van der Waals surface area (Å²) in [6, 6.07) is 3.43. The molecule has 0 saturated heterocycles. The number of benzene rings is 1. The zero-order valence-corrected chi connectivity index (χ0v) is 12.1. The van der Waals surface area contributed by atoms with Crippen LogP contribution in [-0.2, 0) is 6.54 Å². The molecule has 0 aliphatic carbocycles. The molecule has 0 N–H and O–H groups in total. The van der Waals surface area contributed by atoms with Gasteiger partial charge in [-0.2, -0.15) is 4.39 Å². The molecule has 2 rings (SSSR count). The lowest BCUT2D eigenvalue weighted by molar-refractivity contribution is -0.387. The monoisotopic (exact) mass is 361 g/mol. The molecule has 20 heavy (non-hydrogen) atoms. The van der Waals surface area contributed by atoms with E-state index in [9.17, 15) is 19.3 Å². The molecule has 0 aliphatic rings. The molecular formula is C11H6BrClFN3O3. The zero-order chi connectivity index (χ0) is 14.9. The fourth-order valence-corrected chi connectivity index (χ4v) is 2.00. The van der Waals surface area contributed by atoms with E-state index in [0.717, 1.165) is 12.1 Å². The Labute approximate surface area is 125 Å². The molecule has 0 bridgehead atoms. The van der Waals surface area contributed by atoms with Crippen LogP contribution in [0.3, 0.4) is 0 Å². The van der Waals surface area contributed by atoms with Crippen LogP contribution in [0.15, 0.2) is 33.8 Å². The Bertz CT molecular complexity index is 750. The normalized spacial score (nSPS) is 10.6. The highest BCUT2D eigenvalue weighted by Crippen LogP contribution is 2.19. The maximum atomic E-state index is 13.5. The molecular weight excluding hydrogens is 356 g/mol. The lowest BCUT2D eigenvalue weighted by Gasteiger charge is -2.06. The molecule has 0 amide bonds. The first-order valence-electron chi connectivity index (χ1n) is 5.23. The van der Waals surface area contributed by atoms with Crippen LogP contribution in [0.1, 0.15) is 5.56 Å². The Balaban J connectivity index is 2.36. The van der Waals surface area contributed by atoms with Crippen molar-refractivity contribution in [1.82, 2.24) is 9.55 Å². The molecule has 0 radical (unpaired) electrons. The summed E-state index contributed by atoms with van der Waals surface area (Å²) in [6.45, 7) is 0.0243. The molecule has 9 heteroatoms. The van der Waals surface area contributed by atoms with E-state index in [1.54, 1.807) is 0 Å². The Kier molecular flexibility index (Phi) is 4.15. The SMILES string of the molecule is O=c1c(Br)c(Cl)ncn1Cc1ccc([N+](=O)[O-])c(F)c1. The third-order valence-electron chi connectivity index (χ3n) is 2.50. The Morgan fingerprint density at radius 2 is 2.20 bits per heavy atom. The predicted molar refractivity (Wildman–Crippen MR) is 73.4 cm³/mol. The Morgan fingerprint density at radius 1 is 1.50 bits per heavy atom. The van der Waals surface area contributed by atoms with Crippen molar-refractivity contribution in [2.24, 2.45) is 0 Å². The number of hydrogen-bond acceptors (Lipinski definition) is 4. The molecule has 0 atom stereocenters. The second-order valence-electron chi connectivity index (χ2n) is 3.83. The van der Waals surface area contributed by atoms with Gasteiger partial charge in [0.15, 0.2) is 5.15 Å². The summed E-state index contributed by atoms with van der Waals surface area (Å²) in [4.78, 5) is 25.3. The molecule has 0 aliphatic heterocycles. The van der Waals surface area contributed by atoms with Crippen molar-refractivity contribution in [3.05, 3.63) is 66.0 Å². The second-order valence-corrected chi connectivity index (χ2v) is 4.98. The molecule has 0 fully saturated rings. The molecule has 1 aromatic heterocycles. The average molecular weight is 363 g/mol. The Hall–Kier alpha value is -1.80. The van der Waals surface area contributed by atoms with Gasteiger partial charge in [0.25, 0.3) is 5.56 Å². The van der Waals surface area contributed by atoms with Gasteiger partial charge in [-0.1, -0.05) is 17.7 Å². The van der Waals surface area contributed by atoms with E-state index >= 15 is 0 Å². The Morgan fingerprint density at radius 3 is 2.80 bits per heavy atom. The zero-order valence-electron chi connectivity index (χ0n) is 9.72. The minimum atomic E-state index is -0.957. The summed E-state index contributed by atoms with van der Waals surface area (Å²) >= 11 is 8.66. The minimum absolute atomic E-state index is 0.0243. The fraction of sp³-hybridized carbons (Fsp3) is 0.0909. The van der Waals surface area contributed by atoms with Crippen LogP contribution in [0.5, 0.6) is 0 Å². The standard InChI is InChI=1S/C11H6BrClFN3O3/c12-9-10(13)15-5-16(11(9)18)4-6-1-2-8(17(19)20)7(14)3-6/h1-3,5H,4H2. The van der Waals surface area contributed by atoms with Crippen molar-refractivity contribution < 1.29 is 9.31 Å². The van der Waals surface area contributed by atoms with Crippen LogP contribution in [-0.4, -0.2) is 14.5 Å². The van der Waals surface area contributed by atoms with E-state index in [1.807, 2.05) is 0 Å². The maximum Gasteiger partial charge on any atom is 0.304 e. The first kappa shape index (κ1) is 14.6. The first-order chi connectivity index (χ1) is 9.40. The number of nitro groups is 1. The van der Waals surface area contributed by atoms with E-state index < -0.39 is 22.0 Å². The van der Waals surface area contributed by atoms with Crippen LogP contribution >= 0.6 is 27.5 Å². The molecule has 0 saturated carbocycles. The summed E-state index contributed by atoms with van der Waals surface area (Å²) in [5, 5.41) is 10.5. The van der Waals surface area contributed by atoms with Gasteiger partial charge in [-0.15, -0.1) is 0 Å². The minimum Gasteiger partial charge on any atom is -0.294 e. The summed E-state index contributed by atoms with van der Waals surface area (Å²) in [5.74, 6) is -0.957. The summed E-state index contributed by atoms with van der Waals surface area (Å²) in [7, 11) is 0.